The molecular formula is C24H31FN6O3. The summed E-state index contributed by atoms with van der Waals surface area (Å²) in [6.07, 6.45) is 7.50. The lowest BCUT2D eigenvalue weighted by atomic mass is 9.86. The minimum atomic E-state index is -0.740. The van der Waals surface area contributed by atoms with Crippen LogP contribution in [-0.4, -0.2) is 36.1 Å². The fourth-order valence-electron chi connectivity index (χ4n) is 4.50. The Morgan fingerprint density at radius 3 is 2.62 bits per heavy atom. The zero-order valence-corrected chi connectivity index (χ0v) is 20.0. The number of halogens is 1. The first-order valence-electron chi connectivity index (χ1n) is 11.7. The quantitative estimate of drug-likeness (QED) is 0.569. The van der Waals surface area contributed by atoms with Gasteiger partial charge in [0.1, 0.15) is 28.9 Å². The van der Waals surface area contributed by atoms with Gasteiger partial charge in [0.05, 0.1) is 17.9 Å². The molecule has 2 heterocycles. The first kappa shape index (κ1) is 23.7. The largest absolute Gasteiger partial charge is 0.490 e. The molecule has 1 N–H and O–H groups in total. The number of nitrogens with zero attached hydrogens (tertiary/aromatic N) is 5. The van der Waals surface area contributed by atoms with Crippen molar-refractivity contribution in [1.82, 2.24) is 24.1 Å². The molecule has 1 unspecified atom stereocenters. The molecule has 4 rings (SSSR count). The average molecular weight is 471 g/mol. The van der Waals surface area contributed by atoms with Crippen LogP contribution in [0.2, 0.25) is 0 Å². The summed E-state index contributed by atoms with van der Waals surface area (Å²) in [6, 6.07) is 4.16. The Kier molecular flexibility index (Phi) is 6.85. The van der Waals surface area contributed by atoms with E-state index in [0.717, 1.165) is 36.4 Å². The molecule has 0 radical (unpaired) electrons. The van der Waals surface area contributed by atoms with E-state index in [-0.39, 0.29) is 23.1 Å². The van der Waals surface area contributed by atoms with E-state index in [1.807, 2.05) is 13.8 Å². The lowest BCUT2D eigenvalue weighted by Gasteiger charge is -2.29. The fraction of sp³-hybridized carbons (Fsp3) is 0.500. The van der Waals surface area contributed by atoms with Crippen LogP contribution in [0.4, 0.5) is 10.2 Å². The van der Waals surface area contributed by atoms with Gasteiger partial charge < -0.3 is 10.1 Å². The van der Waals surface area contributed by atoms with Crippen LogP contribution in [0.1, 0.15) is 62.1 Å². The second kappa shape index (κ2) is 9.82. The van der Waals surface area contributed by atoms with E-state index in [4.69, 9.17) is 4.74 Å². The fourth-order valence-corrected chi connectivity index (χ4v) is 4.50. The molecule has 1 amide bonds. The van der Waals surface area contributed by atoms with E-state index in [2.05, 4.69) is 15.5 Å². The highest BCUT2D eigenvalue weighted by molar-refractivity contribution is 6.06. The minimum Gasteiger partial charge on any atom is -0.490 e. The SMILES string of the molecule is CCc1nn(-c2cc(OC(C)C3CCCCC3)c(C(=O)Nc3ccnn3C)cc2F)c(=O)n1C. The van der Waals surface area contributed by atoms with Gasteiger partial charge in [-0.2, -0.15) is 9.78 Å². The zero-order chi connectivity index (χ0) is 24.4. The van der Waals surface area contributed by atoms with Crippen LogP contribution < -0.4 is 15.7 Å². The number of amides is 1. The van der Waals surface area contributed by atoms with Gasteiger partial charge in [0, 0.05) is 32.6 Å². The molecule has 0 spiro atoms. The topological polar surface area (TPSA) is 96.0 Å². The molecule has 0 saturated heterocycles. The monoisotopic (exact) mass is 470 g/mol. The lowest BCUT2D eigenvalue weighted by Crippen LogP contribution is -2.28. The van der Waals surface area contributed by atoms with Crippen LogP contribution >= 0.6 is 0 Å². The van der Waals surface area contributed by atoms with Crippen LogP contribution in [0.5, 0.6) is 5.75 Å². The third kappa shape index (κ3) is 4.62. The van der Waals surface area contributed by atoms with Crippen molar-refractivity contribution in [3.05, 3.63) is 52.1 Å². The second-order valence-electron chi connectivity index (χ2n) is 8.84. The molecule has 2 aromatic heterocycles. The number of anilines is 1. The Balaban J connectivity index is 1.75. The Hall–Kier alpha value is -3.43. The summed E-state index contributed by atoms with van der Waals surface area (Å²) in [5, 5.41) is 11.1. The number of benzene rings is 1. The van der Waals surface area contributed by atoms with Gasteiger partial charge in [0.15, 0.2) is 0 Å². The van der Waals surface area contributed by atoms with Gasteiger partial charge in [-0.3, -0.25) is 14.0 Å². The number of carbonyl (C=O) groups is 1. The lowest BCUT2D eigenvalue weighted by molar-refractivity contribution is 0.0996. The molecule has 1 aliphatic rings. The van der Waals surface area contributed by atoms with Gasteiger partial charge in [-0.15, -0.1) is 5.10 Å². The Morgan fingerprint density at radius 2 is 2.00 bits per heavy atom. The molecule has 3 aromatic rings. The van der Waals surface area contributed by atoms with Crippen LogP contribution in [0.25, 0.3) is 5.69 Å². The van der Waals surface area contributed by atoms with Gasteiger partial charge >= 0.3 is 5.69 Å². The van der Waals surface area contributed by atoms with Crippen molar-refractivity contribution in [2.75, 3.05) is 5.32 Å². The van der Waals surface area contributed by atoms with Crippen molar-refractivity contribution in [1.29, 1.82) is 0 Å². The molecule has 1 saturated carbocycles. The van der Waals surface area contributed by atoms with E-state index < -0.39 is 17.4 Å². The number of ether oxygens (including phenoxy) is 1. The number of hydrogen-bond acceptors (Lipinski definition) is 5. The highest BCUT2D eigenvalue weighted by Gasteiger charge is 2.26. The van der Waals surface area contributed by atoms with Crippen molar-refractivity contribution in [3.63, 3.8) is 0 Å². The van der Waals surface area contributed by atoms with Gasteiger partial charge in [0.25, 0.3) is 5.91 Å². The van der Waals surface area contributed by atoms with Crippen LogP contribution in [0.15, 0.2) is 29.2 Å². The van der Waals surface area contributed by atoms with Crippen LogP contribution in [0.3, 0.4) is 0 Å². The molecule has 9 nitrogen and oxygen atoms in total. The van der Waals surface area contributed by atoms with E-state index >= 15 is 4.39 Å². The highest BCUT2D eigenvalue weighted by Crippen LogP contribution is 2.32. The molecule has 182 valence electrons. The van der Waals surface area contributed by atoms with Crippen LogP contribution in [0, 0.1) is 11.7 Å². The third-order valence-electron chi connectivity index (χ3n) is 6.60. The Morgan fingerprint density at radius 1 is 1.26 bits per heavy atom. The number of hydrogen-bond donors (Lipinski definition) is 1. The number of carbonyl (C=O) groups excluding carboxylic acids is 1. The standard InChI is InChI=1S/C24H31FN6O3/c1-5-21-28-31(24(33)29(21)3)19-14-20(34-15(2)16-9-7-6-8-10-16)17(13-18(19)25)23(32)27-22-11-12-26-30(22)4/h11-16H,5-10H2,1-4H3,(H,27,32). The molecule has 1 atom stereocenters. The first-order chi connectivity index (χ1) is 16.3. The van der Waals surface area contributed by atoms with Crippen molar-refractivity contribution in [2.45, 2.75) is 58.5 Å². The van der Waals surface area contributed by atoms with Crippen LogP contribution in [-0.2, 0) is 20.5 Å². The Bertz CT molecular complexity index is 1240. The molecule has 0 aliphatic heterocycles. The summed E-state index contributed by atoms with van der Waals surface area (Å²) in [4.78, 5) is 25.8. The number of nitrogens with one attached hydrogen (secondary N) is 1. The molecule has 0 bridgehead atoms. The molecule has 1 aromatic carbocycles. The average Bonchev–Trinajstić information content (AvgIpc) is 3.37. The second-order valence-corrected chi connectivity index (χ2v) is 8.84. The summed E-state index contributed by atoms with van der Waals surface area (Å²) in [5.41, 5.74) is -0.470. The molecule has 34 heavy (non-hydrogen) atoms. The molecule has 1 fully saturated rings. The molecular weight excluding hydrogens is 439 g/mol. The number of rotatable bonds is 7. The highest BCUT2D eigenvalue weighted by atomic mass is 19.1. The van der Waals surface area contributed by atoms with Crippen molar-refractivity contribution in [3.8, 4) is 11.4 Å². The summed E-state index contributed by atoms with van der Waals surface area (Å²) >= 11 is 0. The first-order valence-corrected chi connectivity index (χ1v) is 11.7. The van der Waals surface area contributed by atoms with Gasteiger partial charge in [-0.1, -0.05) is 26.2 Å². The van der Waals surface area contributed by atoms with Gasteiger partial charge in [0.2, 0.25) is 0 Å². The summed E-state index contributed by atoms with van der Waals surface area (Å²) in [5.74, 6) is 0.289. The predicted molar refractivity (Wildman–Crippen MR) is 126 cm³/mol. The predicted octanol–water partition coefficient (Wildman–Crippen LogP) is 3.61. The molecule has 10 heteroatoms. The number of aryl methyl sites for hydroxylation is 2. The van der Waals surface area contributed by atoms with Gasteiger partial charge in [-0.05, 0) is 31.7 Å². The van der Waals surface area contributed by atoms with Crippen molar-refractivity contribution in [2.24, 2.45) is 20.0 Å². The summed E-state index contributed by atoms with van der Waals surface area (Å²) in [7, 11) is 3.29. The Labute approximate surface area is 197 Å². The molecule has 1 aliphatic carbocycles. The normalized spacial score (nSPS) is 15.3. The van der Waals surface area contributed by atoms with Crippen molar-refractivity contribution >= 4 is 11.7 Å². The van der Waals surface area contributed by atoms with Crippen molar-refractivity contribution < 1.29 is 13.9 Å². The smallest absolute Gasteiger partial charge is 0.350 e. The maximum atomic E-state index is 15.3. The minimum absolute atomic E-state index is 0.0461. The van der Waals surface area contributed by atoms with Gasteiger partial charge in [-0.25, -0.2) is 9.18 Å². The number of aromatic nitrogens is 5. The van der Waals surface area contributed by atoms with E-state index in [1.165, 1.54) is 21.7 Å². The van der Waals surface area contributed by atoms with E-state index in [1.54, 1.807) is 26.4 Å². The summed E-state index contributed by atoms with van der Waals surface area (Å²) < 4.78 is 25.5. The zero-order valence-electron chi connectivity index (χ0n) is 20.0. The maximum absolute atomic E-state index is 15.3. The van der Waals surface area contributed by atoms with E-state index in [9.17, 15) is 9.59 Å². The van der Waals surface area contributed by atoms with E-state index in [0.29, 0.717) is 24.0 Å². The maximum Gasteiger partial charge on any atom is 0.350 e. The summed E-state index contributed by atoms with van der Waals surface area (Å²) in [6.45, 7) is 3.85. The third-order valence-corrected chi connectivity index (χ3v) is 6.60.